The number of fused-ring (bicyclic) bond motifs is 1. The number of aromatic nitrogens is 4. The molecule has 0 spiro atoms. The van der Waals surface area contributed by atoms with Crippen molar-refractivity contribution in [1.82, 2.24) is 19.5 Å². The molecule has 0 bridgehead atoms. The number of aliphatic hydroxyl groups excluding tert-OH is 1. The van der Waals surface area contributed by atoms with Crippen LogP contribution in [0.15, 0.2) is 96.1 Å². The molecule has 43 heavy (non-hydrogen) atoms. The molecule has 3 N–H and O–H groups in total. The summed E-state index contributed by atoms with van der Waals surface area (Å²) in [5.41, 5.74) is 0.356. The van der Waals surface area contributed by atoms with E-state index >= 15 is 4.39 Å². The summed E-state index contributed by atoms with van der Waals surface area (Å²) >= 11 is 0. The Balaban J connectivity index is 1.53. The second kappa shape index (κ2) is 11.3. The van der Waals surface area contributed by atoms with Gasteiger partial charge in [0.05, 0.1) is 25.6 Å². The number of H-pyrrole nitrogens is 1. The van der Waals surface area contributed by atoms with Gasteiger partial charge in [0.1, 0.15) is 11.3 Å². The van der Waals surface area contributed by atoms with Crippen molar-refractivity contribution in [3.05, 3.63) is 118 Å². The van der Waals surface area contributed by atoms with Crippen LogP contribution in [0.5, 0.6) is 5.75 Å². The molecule has 3 aromatic carbocycles. The van der Waals surface area contributed by atoms with E-state index < -0.39 is 35.0 Å². The van der Waals surface area contributed by atoms with Gasteiger partial charge in [-0.05, 0) is 35.2 Å². The topological polar surface area (TPSA) is 114 Å². The summed E-state index contributed by atoms with van der Waals surface area (Å²) in [5.74, 6) is 0.282. The maximum Gasteiger partial charge on any atom is 0.280 e. The molecule has 222 valence electrons. The van der Waals surface area contributed by atoms with Crippen molar-refractivity contribution in [2.45, 2.75) is 43.8 Å². The van der Waals surface area contributed by atoms with Gasteiger partial charge >= 0.3 is 0 Å². The number of aliphatic hydroxyl groups is 1. The van der Waals surface area contributed by atoms with Crippen molar-refractivity contribution in [2.24, 2.45) is 5.92 Å². The molecule has 0 radical (unpaired) electrons. The third kappa shape index (κ3) is 4.67. The van der Waals surface area contributed by atoms with E-state index in [4.69, 9.17) is 14.5 Å². The van der Waals surface area contributed by atoms with Crippen LogP contribution in [0.2, 0.25) is 0 Å². The highest BCUT2D eigenvalue weighted by atomic mass is 19.1. The van der Waals surface area contributed by atoms with E-state index in [0.717, 1.165) is 16.7 Å². The van der Waals surface area contributed by atoms with Crippen molar-refractivity contribution in [2.75, 3.05) is 19.0 Å². The van der Waals surface area contributed by atoms with Gasteiger partial charge in [-0.2, -0.15) is 4.98 Å². The van der Waals surface area contributed by atoms with Crippen LogP contribution < -0.4 is 15.6 Å². The fourth-order valence-corrected chi connectivity index (χ4v) is 6.14. The highest BCUT2D eigenvalue weighted by Gasteiger charge is 2.53. The second-order valence-electron chi connectivity index (χ2n) is 10.9. The number of ether oxygens (including phenoxy) is 2. The third-order valence-electron chi connectivity index (χ3n) is 8.75. The average molecular weight is 584 g/mol. The fraction of sp³-hybridized carbons (Fsp3) is 0.303. The first-order valence-corrected chi connectivity index (χ1v) is 14.3. The minimum atomic E-state index is -1.45. The molecule has 1 aliphatic heterocycles. The first-order valence-electron chi connectivity index (χ1n) is 14.3. The number of aromatic amines is 1. The lowest BCUT2D eigenvalue weighted by molar-refractivity contribution is -0.113. The number of hydrogen-bond acceptors (Lipinski definition) is 7. The Labute approximate surface area is 248 Å². The molecule has 0 unspecified atom stereocenters. The number of benzene rings is 3. The van der Waals surface area contributed by atoms with Crippen LogP contribution >= 0.6 is 0 Å². The number of anilines is 1. The molecule has 6 rings (SSSR count). The Kier molecular flexibility index (Phi) is 7.49. The zero-order chi connectivity index (χ0) is 30.2. The largest absolute Gasteiger partial charge is 0.497 e. The summed E-state index contributed by atoms with van der Waals surface area (Å²) in [6.07, 6.45) is -0.763. The zero-order valence-electron chi connectivity index (χ0n) is 24.2. The number of hydrogen-bond donors (Lipinski definition) is 3. The van der Waals surface area contributed by atoms with Gasteiger partial charge in [-0.25, -0.2) is 9.37 Å². The van der Waals surface area contributed by atoms with E-state index in [-0.39, 0.29) is 23.7 Å². The van der Waals surface area contributed by atoms with E-state index in [2.05, 4.69) is 15.3 Å². The molecule has 9 nitrogen and oxygen atoms in total. The minimum absolute atomic E-state index is 0.0569. The molecule has 2 aromatic heterocycles. The van der Waals surface area contributed by atoms with E-state index in [1.54, 1.807) is 14.0 Å². The van der Waals surface area contributed by atoms with Gasteiger partial charge in [0.15, 0.2) is 23.6 Å². The van der Waals surface area contributed by atoms with E-state index in [1.165, 1.54) is 10.9 Å². The van der Waals surface area contributed by atoms with Crippen LogP contribution in [0.3, 0.4) is 0 Å². The fourth-order valence-electron chi connectivity index (χ4n) is 6.14. The Bertz CT molecular complexity index is 1710. The predicted molar refractivity (Wildman–Crippen MR) is 162 cm³/mol. The Morgan fingerprint density at radius 2 is 1.65 bits per heavy atom. The van der Waals surface area contributed by atoms with Gasteiger partial charge in [0.25, 0.3) is 5.56 Å². The molecule has 1 aliphatic rings. The summed E-state index contributed by atoms with van der Waals surface area (Å²) < 4.78 is 28.7. The average Bonchev–Trinajstić information content (AvgIpc) is 3.59. The lowest BCUT2D eigenvalue weighted by Crippen LogP contribution is -2.39. The number of imidazole rings is 1. The smallest absolute Gasteiger partial charge is 0.280 e. The lowest BCUT2D eigenvalue weighted by atomic mass is 9.77. The quantitative estimate of drug-likeness (QED) is 0.205. The molecule has 5 aromatic rings. The number of halogens is 1. The van der Waals surface area contributed by atoms with Crippen LogP contribution in [-0.4, -0.2) is 50.1 Å². The van der Waals surface area contributed by atoms with E-state index in [1.807, 2.05) is 91.9 Å². The third-order valence-corrected chi connectivity index (χ3v) is 8.75. The monoisotopic (exact) mass is 583 g/mol. The predicted octanol–water partition coefficient (Wildman–Crippen LogP) is 5.18. The number of nitrogens with one attached hydrogen (secondary N) is 2. The molecule has 0 saturated carbocycles. The summed E-state index contributed by atoms with van der Waals surface area (Å²) in [7, 11) is 1.61. The summed E-state index contributed by atoms with van der Waals surface area (Å²) in [5, 5.41) is 13.7. The van der Waals surface area contributed by atoms with Crippen molar-refractivity contribution in [3.8, 4) is 5.75 Å². The van der Waals surface area contributed by atoms with Gasteiger partial charge in [-0.1, -0.05) is 86.6 Å². The van der Waals surface area contributed by atoms with Gasteiger partial charge in [-0.15, -0.1) is 0 Å². The van der Waals surface area contributed by atoms with E-state index in [9.17, 15) is 9.90 Å². The number of methoxy groups -OCH3 is 1. The molecule has 0 amide bonds. The Morgan fingerprint density at radius 1 is 1.05 bits per heavy atom. The minimum Gasteiger partial charge on any atom is -0.497 e. The normalized spacial score (nSPS) is 22.1. The standard InChI is InChI=1S/C33H34FN5O4/c1-4-32(19-40)21(2)26(34)30(43-32)39-20-35-27-28(39)36-31(37-29(27)41)38-33(22-11-7-5-8-12-22,23-13-9-6-10-14-23)24-15-17-25(42-3)18-16-24/h5-18,20-21,26,30,40H,4,19H2,1-3H3,(H2,36,37,38,41)/t21-,26+,30+,32+/m0/s1. The SMILES string of the molecule is CC[C@]1(CO)O[C@@H](n2cnc3c(=O)[nH]c(NC(c4ccccc4)(c4ccccc4)c4ccc(OC)cc4)nc32)[C@H](F)[C@@H]1C. The zero-order valence-corrected chi connectivity index (χ0v) is 24.2. The van der Waals surface area contributed by atoms with Crippen molar-refractivity contribution in [1.29, 1.82) is 0 Å². The Morgan fingerprint density at radius 3 is 2.19 bits per heavy atom. The first kappa shape index (κ1) is 28.6. The van der Waals surface area contributed by atoms with Crippen LogP contribution in [0, 0.1) is 5.92 Å². The summed E-state index contributed by atoms with van der Waals surface area (Å²) in [6, 6.07) is 27.4. The van der Waals surface area contributed by atoms with Crippen molar-refractivity contribution >= 4 is 17.1 Å². The first-order chi connectivity index (χ1) is 20.9. The van der Waals surface area contributed by atoms with Crippen LogP contribution in [0.4, 0.5) is 10.3 Å². The van der Waals surface area contributed by atoms with Crippen molar-refractivity contribution in [3.63, 3.8) is 0 Å². The second-order valence-corrected chi connectivity index (χ2v) is 10.9. The molecule has 10 heteroatoms. The maximum atomic E-state index is 15.7. The molecular formula is C33H34FN5O4. The van der Waals surface area contributed by atoms with Crippen LogP contribution in [-0.2, 0) is 10.3 Å². The van der Waals surface area contributed by atoms with Gasteiger partial charge < -0.3 is 19.9 Å². The van der Waals surface area contributed by atoms with Gasteiger partial charge in [0.2, 0.25) is 5.95 Å². The molecule has 1 fully saturated rings. The summed E-state index contributed by atoms with van der Waals surface area (Å²) in [6.45, 7) is 3.25. The van der Waals surface area contributed by atoms with Gasteiger partial charge in [-0.3, -0.25) is 14.3 Å². The Hall–Kier alpha value is -4.54. The van der Waals surface area contributed by atoms with Gasteiger partial charge in [0, 0.05) is 5.92 Å². The number of alkyl halides is 1. The molecule has 3 heterocycles. The highest BCUT2D eigenvalue weighted by molar-refractivity contribution is 5.71. The van der Waals surface area contributed by atoms with Crippen LogP contribution in [0.25, 0.3) is 11.2 Å². The molecule has 0 aliphatic carbocycles. The molecular weight excluding hydrogens is 549 g/mol. The molecule has 4 atom stereocenters. The van der Waals surface area contributed by atoms with Crippen molar-refractivity contribution < 1.29 is 19.0 Å². The number of nitrogens with zero attached hydrogens (tertiary/aromatic N) is 3. The molecule has 1 saturated heterocycles. The van der Waals surface area contributed by atoms with E-state index in [0.29, 0.717) is 12.2 Å². The lowest BCUT2D eigenvalue weighted by Gasteiger charge is -2.37. The maximum absolute atomic E-state index is 15.7. The highest BCUT2D eigenvalue weighted by Crippen LogP contribution is 2.46. The number of rotatable bonds is 9. The van der Waals surface area contributed by atoms with Crippen LogP contribution in [0.1, 0.15) is 43.2 Å². The summed E-state index contributed by atoms with van der Waals surface area (Å²) in [4.78, 5) is 25.3.